The molecule has 4 aliphatic rings. The minimum absolute atomic E-state index is 0. The Morgan fingerprint density at radius 1 is 0.368 bits per heavy atom. The van der Waals surface area contributed by atoms with Crippen LogP contribution in [0.2, 0.25) is 0 Å². The lowest BCUT2D eigenvalue weighted by molar-refractivity contribution is -0.385. The molecule has 0 unspecified atom stereocenters. The summed E-state index contributed by atoms with van der Waals surface area (Å²) in [6.45, 7) is 29.4. The molecule has 0 saturated heterocycles. The molecule has 0 fully saturated rings. The van der Waals surface area contributed by atoms with Gasteiger partial charge in [-0.05, 0) is 183 Å². The maximum atomic E-state index is 12.2. The summed E-state index contributed by atoms with van der Waals surface area (Å²) in [5, 5.41) is 22.9. The second-order valence-electron chi connectivity index (χ2n) is 34.9. The molecule has 0 radical (unpaired) electrons. The Labute approximate surface area is 959 Å². The van der Waals surface area contributed by atoms with Gasteiger partial charge in [0.05, 0.1) is 32.5 Å². The molecular weight excluding hydrogens is 1990 g/mol. The number of nitro groups is 2. The number of carbonyl (C=O) groups is 1. The molecule has 9 rings (SSSR count). The molecule has 5 aromatic rings. The molecule has 14 heteroatoms. The normalized spacial score (nSPS) is 12.5. The number of carbonyl (C=O) groups excluding carboxylic acids is 1. The van der Waals surface area contributed by atoms with Crippen LogP contribution < -0.4 is 62.7 Å². The molecule has 12 nitrogen and oxygen atoms in total. The number of halogens is 2. The number of para-hydroxylation sites is 3. The summed E-state index contributed by atoms with van der Waals surface area (Å²) in [7, 11) is 0. The summed E-state index contributed by atoms with van der Waals surface area (Å²) in [6, 6.07) is 42.7. The van der Waals surface area contributed by atoms with Crippen LogP contribution in [0.1, 0.15) is 315 Å². The lowest BCUT2D eigenvalue weighted by Crippen LogP contribution is -3.00. The van der Waals surface area contributed by atoms with E-state index in [1.807, 2.05) is 112 Å². The van der Waals surface area contributed by atoms with E-state index in [2.05, 4.69) is 371 Å². The van der Waals surface area contributed by atoms with Crippen LogP contribution in [0.25, 0.3) is 0 Å². The van der Waals surface area contributed by atoms with Crippen molar-refractivity contribution >= 4 is 57.1 Å². The van der Waals surface area contributed by atoms with Gasteiger partial charge < -0.3 is 57.8 Å². The third-order valence-corrected chi connectivity index (χ3v) is 23.6. The van der Waals surface area contributed by atoms with Gasteiger partial charge in [-0.2, -0.15) is 0 Å². The number of rotatable bonds is 35. The largest absolute Gasteiger partial charge is 1.00 e. The molecule has 144 heavy (non-hydrogen) atoms. The van der Waals surface area contributed by atoms with E-state index in [1.165, 1.54) is 147 Å². The zero-order valence-electron chi connectivity index (χ0n) is 84.3. The van der Waals surface area contributed by atoms with Crippen LogP contribution >= 0.6 is 0 Å². The van der Waals surface area contributed by atoms with Crippen molar-refractivity contribution in [2.24, 2.45) is 0 Å². The fourth-order valence-electron chi connectivity index (χ4n) is 16.2. The molecule has 4 heterocycles. The minimum atomic E-state index is -0.409. The quantitative estimate of drug-likeness (QED) is 0.00754. The van der Waals surface area contributed by atoms with Gasteiger partial charge in [-0.15, -0.1) is 22.0 Å². The molecule has 0 atom stereocenters. The number of hydrogen-bond acceptors (Lipinski definition) is 7. The van der Waals surface area contributed by atoms with Crippen molar-refractivity contribution in [3.63, 3.8) is 0 Å². The maximum absolute atomic E-state index is 12.2. The third kappa shape index (κ3) is 39.3. The van der Waals surface area contributed by atoms with Crippen LogP contribution in [0.4, 0.5) is 39.8 Å². The first-order valence-electron chi connectivity index (χ1n) is 48.0. The molecule has 0 spiro atoms. The van der Waals surface area contributed by atoms with E-state index >= 15 is 0 Å². The number of unbranched alkanes of at least 4 members (excludes halogenated alkanes) is 22. The number of terminal acetylenes is 2. The van der Waals surface area contributed by atoms with Crippen LogP contribution in [-0.4, -0.2) is 49.4 Å². The first-order chi connectivity index (χ1) is 69.0. The number of allylic oxidation sites excluding steroid dienone is 10. The monoisotopic (exact) mass is 2200 g/mol. The predicted molar refractivity (Wildman–Crippen MR) is 677 cm³/mol. The summed E-state index contributed by atoms with van der Waals surface area (Å²) < 4.78 is 3.92. The molecular formula is C130H205I2N7O5. The fourth-order valence-corrected chi connectivity index (χ4v) is 16.2. The lowest BCUT2D eigenvalue weighted by Gasteiger charge is -2.27. The highest BCUT2D eigenvalue weighted by Crippen LogP contribution is 2.51. The van der Waals surface area contributed by atoms with E-state index in [0.29, 0.717) is 0 Å². The molecule has 5 aromatic carbocycles. The van der Waals surface area contributed by atoms with Gasteiger partial charge in [-0.3, -0.25) is 29.9 Å². The third-order valence-electron chi connectivity index (χ3n) is 23.6. The molecule has 804 valence electrons. The average Bonchev–Trinajstić information content (AvgIpc) is 1.59. The number of nitro benzene ring substituents is 2. The summed E-state index contributed by atoms with van der Waals surface area (Å²) in [6.07, 6.45) is 59.4. The number of anilines is 3. The van der Waals surface area contributed by atoms with Gasteiger partial charge in [0.15, 0.2) is 0 Å². The van der Waals surface area contributed by atoms with Gasteiger partial charge in [0.2, 0.25) is 40.8 Å². The van der Waals surface area contributed by atoms with Crippen molar-refractivity contribution < 1.29 is 135 Å². The Hall–Kier alpha value is -16.5. The molecule has 0 N–H and O–H groups in total. The maximum Gasteiger partial charge on any atom is 0.269 e. The molecule has 0 aromatic heterocycles. The van der Waals surface area contributed by atoms with Crippen molar-refractivity contribution in [2.75, 3.05) is 27.8 Å². The molecule has 0 saturated carbocycles. The van der Waals surface area contributed by atoms with E-state index < -0.39 is 5.41 Å². The van der Waals surface area contributed by atoms with E-state index in [9.17, 15) is 25.0 Å². The number of amides is 1. The second kappa shape index (κ2) is 67.0. The highest BCUT2D eigenvalue weighted by molar-refractivity contribution is 6.04. The van der Waals surface area contributed by atoms with Crippen molar-refractivity contribution in [3.05, 3.63) is 231 Å². The second-order valence-corrected chi connectivity index (χ2v) is 34.9. The van der Waals surface area contributed by atoms with Gasteiger partial charge in [-0.1, -0.05) is 268 Å². The minimum Gasteiger partial charge on any atom is -1.00 e. The first kappa shape index (κ1) is 118. The molecule has 4 aliphatic heterocycles. The molecule has 1 amide bonds. The van der Waals surface area contributed by atoms with Crippen LogP contribution in [0, 0.1) is 282 Å². The van der Waals surface area contributed by atoms with Crippen LogP contribution in [0.3, 0.4) is 0 Å². The van der Waals surface area contributed by atoms with Gasteiger partial charge in [0.25, 0.3) is 11.4 Å². The summed E-state index contributed by atoms with van der Waals surface area (Å²) in [5.41, 5.74) is 12.4. The number of hydrogen-bond donors (Lipinski definition) is 0. The summed E-state index contributed by atoms with van der Waals surface area (Å²) >= 11 is 0. The van der Waals surface area contributed by atoms with Crippen LogP contribution in [0.15, 0.2) is 188 Å². The standard InChI is InChI=1S/C61H54N3O2.C44H23N2O.C25H40N2O2.2HI.44H2/c1-7-9-11-13-15-17-19-21-22-23-24-25-26-27-28-30-32-33-35-42-50-62-56-45-41-40-44-54(56)60(3,4)58(62)46-38-37-39-47-59-61(5,6)55-52-53(64(65)66)48-49-57(55)63(59)51-43-36-34-31-29-20-18-16-14-12-10-8-2;1-5-6-7-8-9-10-11-12-13-14-15-16-17-18-19-20-21-22-23-30-38-46-42-35-28-27-34-41(42)44(3,4)43(46)36-29-31-37-45(39(2)47)40-32-25-24-26-33-40;1-5-6-7-8-9-10-11-12-13-14-15-16-19-26-21(2)25(3,4)23-20-22(27(28)29)17-18-24(23)26;;;;;;;;;;;;;;;;;;;;;;;;;;;;;;;;;;;;;;;;;;;;;;/h1,37-41,44-49,52H,8,10,12,14,16,18,20,29,31,34,36,43,51H2,2-6H3;1,24-29,31-37H,2-4H3;17-18,20H,2,5-16,19H2,1,3-4H3;46*1H/q2*+1;;;;;;;;;;;;;;;;;;;;;;;;;;;;;;;;;;;;;;;;;;;;;;;/p-2. The molecule has 0 aliphatic carbocycles. The first-order valence-corrected chi connectivity index (χ1v) is 48.0. The fraction of sp³-hybridized carbons (Fsp3) is 0.315. The van der Waals surface area contributed by atoms with E-state index in [1.54, 1.807) is 35.4 Å². The van der Waals surface area contributed by atoms with Crippen molar-refractivity contribution in [2.45, 2.75) is 252 Å². The number of benzene rings is 5. The van der Waals surface area contributed by atoms with Crippen molar-refractivity contribution in [1.29, 1.82) is 0 Å². The Kier molecular flexibility index (Phi) is 54.9. The SMILES string of the molecule is C#CC#CC#CC#CC#CC#CC#CC#CC#CC#CC#C[N+]1=C(/C=C/C=C/C=C2N(CCCCCCCCCCCCCC)c3ccc([N+](=O)[O-])cc3C2(C)C)C(C)(C)c2ccccc21.C#CC#CC#CC#CC#CC#CC#CC#CC#CC#CC#C[N+]1=C(/C=C/C=C/N(C(C)=O)c2ccccc2)C(C)(C)c2ccccc21.C=C1N(CCCCCCCCCCCCCC)c2ccc([N+](=O)[O-])cc2C1(C)C.[HH].[HH].[HH].[HH].[HH].[HH].[HH].[HH].[HH].[HH].[HH].[HH].[HH].[HH].[HH].[HH].[HH].[HH].[HH].[HH].[HH].[HH].[HH].[HH].[HH].[HH].[HH].[HH].[HH].[HH].[HH].[HH].[HH].[HH].[HH].[HH].[HH].[HH].[HH].[HH].[HH].[HH].[HH].[HH].[I-].[I-]. The zero-order chi connectivity index (χ0) is 102. The Morgan fingerprint density at radius 3 is 1.01 bits per heavy atom. The lowest BCUT2D eigenvalue weighted by atomic mass is 9.81. The Morgan fingerprint density at radius 2 is 0.667 bits per heavy atom. The topological polar surface area (TPSA) is 119 Å². The highest BCUT2D eigenvalue weighted by Gasteiger charge is 2.47. The van der Waals surface area contributed by atoms with Gasteiger partial charge in [0, 0.05) is 318 Å². The Bertz CT molecular complexity index is 7420. The molecule has 0 bridgehead atoms. The van der Waals surface area contributed by atoms with Crippen LogP contribution in [0.5, 0.6) is 0 Å². The average molecular weight is 2200 g/mol. The number of fused-ring (bicyclic) bond motifs is 4. The Balaban J connectivity index is -0.0000000429. The number of non-ortho nitro benzene ring substituents is 2. The zero-order valence-corrected chi connectivity index (χ0v) is 88.7. The van der Waals surface area contributed by atoms with Crippen LogP contribution in [-0.2, 0) is 26.5 Å². The van der Waals surface area contributed by atoms with E-state index in [4.69, 9.17) is 12.8 Å². The number of nitrogens with zero attached hydrogens (tertiary/aromatic N) is 7. The van der Waals surface area contributed by atoms with Crippen molar-refractivity contribution in [3.8, 4) is 262 Å². The predicted octanol–water partition coefficient (Wildman–Crippen LogP) is 28.6. The van der Waals surface area contributed by atoms with Gasteiger partial charge in [0.1, 0.15) is 0 Å². The van der Waals surface area contributed by atoms with Gasteiger partial charge >= 0.3 is 0 Å². The van der Waals surface area contributed by atoms with E-state index in [-0.39, 0.29) is 154 Å². The smallest absolute Gasteiger partial charge is 0.269 e. The van der Waals surface area contributed by atoms with Gasteiger partial charge in [-0.25, -0.2) is 0 Å². The summed E-state index contributed by atoms with van der Waals surface area (Å²) in [5.74, 6) is 102. The van der Waals surface area contributed by atoms with Crippen molar-refractivity contribution in [1.82, 2.24) is 0 Å². The highest BCUT2D eigenvalue weighted by atomic mass is 127. The van der Waals surface area contributed by atoms with E-state index in [0.717, 1.165) is 100 Å². The summed E-state index contributed by atoms with van der Waals surface area (Å²) in [4.78, 5) is 40.8.